The Morgan fingerprint density at radius 3 is 2.94 bits per heavy atom. The van der Waals surface area contributed by atoms with Crippen LogP contribution in [0.25, 0.3) is 0 Å². The monoisotopic (exact) mass is 247 g/mol. The molecule has 17 heavy (non-hydrogen) atoms. The summed E-state index contributed by atoms with van der Waals surface area (Å²) in [7, 11) is 1.58. The molecule has 0 atom stereocenters. The lowest BCUT2D eigenvalue weighted by atomic mass is 10.1. The molecule has 0 aliphatic rings. The highest BCUT2D eigenvalue weighted by molar-refractivity contribution is 7.09. The van der Waals surface area contributed by atoms with Crippen LogP contribution in [0, 0.1) is 0 Å². The molecule has 3 nitrogen and oxygen atoms in total. The van der Waals surface area contributed by atoms with E-state index in [9.17, 15) is 4.79 Å². The lowest BCUT2D eigenvalue weighted by Crippen LogP contribution is -2.03. The lowest BCUT2D eigenvalue weighted by molar-refractivity contribution is 0.0980. The van der Waals surface area contributed by atoms with Crippen molar-refractivity contribution in [3.63, 3.8) is 0 Å². The van der Waals surface area contributed by atoms with Crippen LogP contribution >= 0.6 is 11.3 Å². The van der Waals surface area contributed by atoms with Crippen LogP contribution in [0.2, 0.25) is 0 Å². The molecule has 1 heterocycles. The Bertz CT molecular complexity index is 494. The van der Waals surface area contributed by atoms with Crippen LogP contribution in [-0.4, -0.2) is 17.9 Å². The van der Waals surface area contributed by atoms with E-state index in [0.29, 0.717) is 24.2 Å². The summed E-state index contributed by atoms with van der Waals surface area (Å²) in [5, 5.41) is 2.91. The van der Waals surface area contributed by atoms with Crippen molar-refractivity contribution in [1.29, 1.82) is 0 Å². The van der Waals surface area contributed by atoms with Crippen LogP contribution in [0.1, 0.15) is 21.8 Å². The number of hydrogen-bond donors (Lipinski definition) is 0. The highest BCUT2D eigenvalue weighted by atomic mass is 32.1. The minimum absolute atomic E-state index is 0.0950. The van der Waals surface area contributed by atoms with E-state index in [1.165, 1.54) is 0 Å². The fraction of sp³-hybridized carbons (Fsp3) is 0.231. The molecule has 0 amide bonds. The van der Waals surface area contributed by atoms with Gasteiger partial charge in [0.15, 0.2) is 5.78 Å². The second-order valence-electron chi connectivity index (χ2n) is 3.55. The molecule has 0 spiro atoms. The first-order valence-corrected chi connectivity index (χ1v) is 6.24. The second kappa shape index (κ2) is 5.59. The van der Waals surface area contributed by atoms with Gasteiger partial charge in [0.25, 0.3) is 0 Å². The zero-order valence-corrected chi connectivity index (χ0v) is 10.4. The highest BCUT2D eigenvalue weighted by Crippen LogP contribution is 2.20. The summed E-state index contributed by atoms with van der Waals surface area (Å²) in [5.41, 5.74) is 0.645. The maximum absolute atomic E-state index is 12.0. The number of thiazole rings is 1. The molecular formula is C13H13NO2S. The Morgan fingerprint density at radius 2 is 2.24 bits per heavy atom. The van der Waals surface area contributed by atoms with Crippen molar-refractivity contribution in [2.75, 3.05) is 7.11 Å². The van der Waals surface area contributed by atoms with Gasteiger partial charge in [-0.1, -0.05) is 12.1 Å². The maximum Gasteiger partial charge on any atom is 0.167 e. The zero-order valence-electron chi connectivity index (χ0n) is 9.55. The highest BCUT2D eigenvalue weighted by Gasteiger charge is 2.11. The van der Waals surface area contributed by atoms with Crippen LogP contribution in [0.15, 0.2) is 35.8 Å². The van der Waals surface area contributed by atoms with Gasteiger partial charge in [0.2, 0.25) is 0 Å². The van der Waals surface area contributed by atoms with E-state index in [2.05, 4.69) is 4.98 Å². The number of carbonyl (C=O) groups excluding carboxylic acids is 1. The predicted molar refractivity (Wildman–Crippen MR) is 67.8 cm³/mol. The quantitative estimate of drug-likeness (QED) is 0.762. The molecular weight excluding hydrogens is 234 g/mol. The number of nitrogens with zero attached hydrogens (tertiary/aromatic N) is 1. The van der Waals surface area contributed by atoms with Crippen LogP contribution < -0.4 is 4.74 Å². The summed E-state index contributed by atoms with van der Waals surface area (Å²) in [5.74, 6) is 0.731. The molecule has 0 bridgehead atoms. The van der Waals surface area contributed by atoms with E-state index in [-0.39, 0.29) is 5.78 Å². The Morgan fingerprint density at radius 1 is 1.41 bits per heavy atom. The minimum atomic E-state index is 0.0950. The van der Waals surface area contributed by atoms with Crippen molar-refractivity contribution in [3.8, 4) is 5.75 Å². The standard InChI is InChI=1S/C13H13NO2S/c1-16-12-5-3-2-4-10(12)11(15)6-7-13-14-8-9-17-13/h2-5,8-9H,6-7H2,1H3. The summed E-state index contributed by atoms with van der Waals surface area (Å²) in [6, 6.07) is 7.30. The van der Waals surface area contributed by atoms with Crippen molar-refractivity contribution in [2.45, 2.75) is 12.8 Å². The Kier molecular flexibility index (Phi) is 3.88. The average Bonchev–Trinajstić information content (AvgIpc) is 2.89. The second-order valence-corrected chi connectivity index (χ2v) is 4.53. The molecule has 4 heteroatoms. The van der Waals surface area contributed by atoms with Gasteiger partial charge < -0.3 is 4.74 Å². The number of hydrogen-bond acceptors (Lipinski definition) is 4. The third-order valence-electron chi connectivity index (χ3n) is 2.46. The number of ketones is 1. The molecule has 0 fully saturated rings. The molecule has 0 saturated heterocycles. The van der Waals surface area contributed by atoms with Crippen LogP contribution in [0.4, 0.5) is 0 Å². The molecule has 1 aromatic carbocycles. The number of aromatic nitrogens is 1. The molecule has 0 aliphatic heterocycles. The van der Waals surface area contributed by atoms with E-state index < -0.39 is 0 Å². The fourth-order valence-electron chi connectivity index (χ4n) is 1.61. The number of ether oxygens (including phenoxy) is 1. The van der Waals surface area contributed by atoms with Crippen LogP contribution in [0.5, 0.6) is 5.75 Å². The normalized spacial score (nSPS) is 10.2. The first kappa shape index (κ1) is 11.8. The minimum Gasteiger partial charge on any atom is -0.496 e. The molecule has 1 aromatic heterocycles. The van der Waals surface area contributed by atoms with E-state index in [1.54, 1.807) is 36.8 Å². The molecule has 2 aromatic rings. The van der Waals surface area contributed by atoms with Gasteiger partial charge in [-0.3, -0.25) is 4.79 Å². The van der Waals surface area contributed by atoms with E-state index >= 15 is 0 Å². The van der Waals surface area contributed by atoms with Crippen molar-refractivity contribution < 1.29 is 9.53 Å². The number of rotatable bonds is 5. The first-order chi connectivity index (χ1) is 8.31. The summed E-state index contributed by atoms with van der Waals surface area (Å²) < 4.78 is 5.17. The van der Waals surface area contributed by atoms with Gasteiger partial charge in [-0.15, -0.1) is 11.3 Å². The van der Waals surface area contributed by atoms with E-state index in [1.807, 2.05) is 17.5 Å². The lowest BCUT2D eigenvalue weighted by Gasteiger charge is -2.06. The van der Waals surface area contributed by atoms with Crippen LogP contribution in [0.3, 0.4) is 0 Å². The number of carbonyl (C=O) groups is 1. The largest absolute Gasteiger partial charge is 0.496 e. The van der Waals surface area contributed by atoms with E-state index in [0.717, 1.165) is 5.01 Å². The van der Waals surface area contributed by atoms with Crippen molar-refractivity contribution in [3.05, 3.63) is 46.4 Å². The zero-order chi connectivity index (χ0) is 12.1. The molecule has 0 saturated carbocycles. The van der Waals surface area contributed by atoms with Gasteiger partial charge in [-0.05, 0) is 12.1 Å². The summed E-state index contributed by atoms with van der Waals surface area (Å²) in [6.07, 6.45) is 2.91. The van der Waals surface area contributed by atoms with Gasteiger partial charge in [0.05, 0.1) is 17.7 Å². The summed E-state index contributed by atoms with van der Waals surface area (Å²) >= 11 is 1.58. The van der Waals surface area contributed by atoms with Gasteiger partial charge in [-0.2, -0.15) is 0 Å². The van der Waals surface area contributed by atoms with Gasteiger partial charge >= 0.3 is 0 Å². The van der Waals surface area contributed by atoms with Gasteiger partial charge in [-0.25, -0.2) is 4.98 Å². The Labute approximate surface area is 104 Å². The SMILES string of the molecule is COc1ccccc1C(=O)CCc1nccs1. The third kappa shape index (κ3) is 2.91. The Balaban J connectivity index is 2.04. The number of para-hydroxylation sites is 1. The maximum atomic E-state index is 12.0. The van der Waals surface area contributed by atoms with Crippen LogP contribution in [-0.2, 0) is 6.42 Å². The molecule has 0 radical (unpaired) electrons. The van der Waals surface area contributed by atoms with Gasteiger partial charge in [0.1, 0.15) is 5.75 Å². The molecule has 0 N–H and O–H groups in total. The summed E-state index contributed by atoms with van der Waals surface area (Å²) in [6.45, 7) is 0. The molecule has 2 rings (SSSR count). The van der Waals surface area contributed by atoms with Crippen molar-refractivity contribution in [2.24, 2.45) is 0 Å². The number of methoxy groups -OCH3 is 1. The van der Waals surface area contributed by atoms with Crippen molar-refractivity contribution >= 4 is 17.1 Å². The molecule has 0 unspecified atom stereocenters. The smallest absolute Gasteiger partial charge is 0.167 e. The first-order valence-electron chi connectivity index (χ1n) is 5.36. The third-order valence-corrected chi connectivity index (χ3v) is 3.30. The molecule has 0 aliphatic carbocycles. The summed E-state index contributed by atoms with van der Waals surface area (Å²) in [4.78, 5) is 16.2. The number of benzene rings is 1. The van der Waals surface area contributed by atoms with Crippen molar-refractivity contribution in [1.82, 2.24) is 4.98 Å². The fourth-order valence-corrected chi connectivity index (χ4v) is 2.23. The average molecular weight is 247 g/mol. The van der Waals surface area contributed by atoms with E-state index in [4.69, 9.17) is 4.74 Å². The number of aryl methyl sites for hydroxylation is 1. The topological polar surface area (TPSA) is 39.2 Å². The van der Waals surface area contributed by atoms with Gasteiger partial charge in [0, 0.05) is 24.4 Å². The molecule has 88 valence electrons. The number of Topliss-reactive ketones (excluding diaryl/α,β-unsaturated/α-hetero) is 1. The predicted octanol–water partition coefficient (Wildman–Crippen LogP) is 2.97. The Hall–Kier alpha value is -1.68.